The van der Waals surface area contributed by atoms with E-state index in [1.807, 2.05) is 36.4 Å². The van der Waals surface area contributed by atoms with Crippen LogP contribution in [0, 0.1) is 0 Å². The number of methoxy groups -OCH3 is 1. The highest BCUT2D eigenvalue weighted by atomic mass is 16.6. The Kier molecular flexibility index (Phi) is 6.59. The summed E-state index contributed by atoms with van der Waals surface area (Å²) in [6.07, 6.45) is 0. The maximum Gasteiger partial charge on any atom is 0.362 e. The number of benzene rings is 3. The Morgan fingerprint density at radius 2 is 1.65 bits per heavy atom. The molecule has 1 heterocycles. The summed E-state index contributed by atoms with van der Waals surface area (Å²) in [5.74, 6) is -0.686. The molecule has 172 valence electrons. The summed E-state index contributed by atoms with van der Waals surface area (Å²) in [7, 11) is 1.40. The highest BCUT2D eigenvalue weighted by molar-refractivity contribution is 6.08. The molecular weight excluding hydrogens is 436 g/mol. The first kappa shape index (κ1) is 22.6. The molecule has 3 aromatic carbocycles. The lowest BCUT2D eigenvalue weighted by atomic mass is 10.1. The van der Waals surface area contributed by atoms with Crippen LogP contribution in [-0.2, 0) is 11.3 Å². The number of carbonyl (C=O) groups excluding carboxylic acids is 2. The second-order valence-electron chi connectivity index (χ2n) is 7.39. The van der Waals surface area contributed by atoms with E-state index in [0.717, 1.165) is 5.56 Å². The molecule has 4 rings (SSSR count). The smallest absolute Gasteiger partial charge is 0.362 e. The number of amides is 1. The van der Waals surface area contributed by atoms with Gasteiger partial charge in [0.05, 0.1) is 12.8 Å². The van der Waals surface area contributed by atoms with E-state index in [-0.39, 0.29) is 22.7 Å². The molecule has 0 bridgehead atoms. The molecule has 0 atom stereocenters. The molecule has 8 heteroatoms. The fourth-order valence-electron chi connectivity index (χ4n) is 3.47. The molecule has 0 fully saturated rings. The van der Waals surface area contributed by atoms with E-state index in [0.29, 0.717) is 23.2 Å². The molecule has 2 N–H and O–H groups in total. The summed E-state index contributed by atoms with van der Waals surface area (Å²) in [6, 6.07) is 21.1. The van der Waals surface area contributed by atoms with Gasteiger partial charge in [-0.2, -0.15) is 0 Å². The summed E-state index contributed by atoms with van der Waals surface area (Å²) in [6.45, 7) is 1.70. The van der Waals surface area contributed by atoms with Crippen molar-refractivity contribution in [3.8, 4) is 11.5 Å². The van der Waals surface area contributed by atoms with E-state index in [9.17, 15) is 14.4 Å². The first-order valence-corrected chi connectivity index (χ1v) is 10.5. The molecule has 0 saturated carbocycles. The van der Waals surface area contributed by atoms with Gasteiger partial charge in [-0.25, -0.2) is 4.79 Å². The third-order valence-corrected chi connectivity index (χ3v) is 5.04. The Balaban J connectivity index is 1.69. The predicted molar refractivity (Wildman–Crippen MR) is 129 cm³/mol. The first-order chi connectivity index (χ1) is 16.5. The average Bonchev–Trinajstić information content (AvgIpc) is 2.84. The molecule has 0 aliphatic carbocycles. The van der Waals surface area contributed by atoms with Crippen molar-refractivity contribution in [1.29, 1.82) is 0 Å². The van der Waals surface area contributed by atoms with Crippen LogP contribution in [0.2, 0.25) is 0 Å². The maximum atomic E-state index is 13.0. The van der Waals surface area contributed by atoms with Crippen LogP contribution < -0.4 is 25.7 Å². The van der Waals surface area contributed by atoms with E-state index >= 15 is 0 Å². The average molecular weight is 458 g/mol. The van der Waals surface area contributed by atoms with Gasteiger partial charge in [-0.05, 0) is 35.9 Å². The van der Waals surface area contributed by atoms with E-state index in [1.165, 1.54) is 32.2 Å². The van der Waals surface area contributed by atoms with Gasteiger partial charge in [-0.3, -0.25) is 9.59 Å². The van der Waals surface area contributed by atoms with Crippen molar-refractivity contribution in [3.05, 3.63) is 94.3 Å². The minimum absolute atomic E-state index is 0.0114. The van der Waals surface area contributed by atoms with Crippen molar-refractivity contribution >= 4 is 34.2 Å². The van der Waals surface area contributed by atoms with Crippen LogP contribution in [0.25, 0.3) is 11.0 Å². The molecular formula is C26H22N2O6. The Bertz CT molecular complexity index is 1410. The molecule has 8 nitrogen and oxygen atoms in total. The number of para-hydroxylation sites is 1. The van der Waals surface area contributed by atoms with E-state index in [4.69, 9.17) is 13.9 Å². The minimum atomic E-state index is -0.689. The molecule has 1 aromatic heterocycles. The molecule has 0 saturated heterocycles. The molecule has 1 amide bonds. The standard InChI is InChI=1S/C26H22N2O6/c1-16(29)33-21-13-12-18(14-22(21)32-2)25(30)28-24-23(27-15-17-8-4-3-5-9-17)19-10-6-7-11-20(19)34-26(24)31/h3-14,27H,15H2,1-2H3,(H,28,30). The quantitative estimate of drug-likeness (QED) is 0.237. The Hall–Kier alpha value is -4.59. The number of carbonyl (C=O) groups is 2. The van der Waals surface area contributed by atoms with Crippen molar-refractivity contribution in [2.45, 2.75) is 13.5 Å². The van der Waals surface area contributed by atoms with Gasteiger partial charge in [-0.15, -0.1) is 0 Å². The Labute approximate surface area is 195 Å². The summed E-state index contributed by atoms with van der Waals surface area (Å²) in [5.41, 5.74) is 1.35. The van der Waals surface area contributed by atoms with Crippen LogP contribution in [0.5, 0.6) is 11.5 Å². The lowest BCUT2D eigenvalue weighted by molar-refractivity contribution is -0.132. The van der Waals surface area contributed by atoms with Gasteiger partial charge in [0.25, 0.3) is 5.91 Å². The molecule has 0 spiro atoms. The molecule has 0 aliphatic heterocycles. The van der Waals surface area contributed by atoms with Crippen molar-refractivity contribution < 1.29 is 23.5 Å². The van der Waals surface area contributed by atoms with Gasteiger partial charge in [0, 0.05) is 24.4 Å². The van der Waals surface area contributed by atoms with Gasteiger partial charge < -0.3 is 24.5 Å². The number of hydrogen-bond donors (Lipinski definition) is 2. The predicted octanol–water partition coefficient (Wildman–Crippen LogP) is 4.59. The fourth-order valence-corrected chi connectivity index (χ4v) is 3.47. The lowest BCUT2D eigenvalue weighted by Gasteiger charge is -2.15. The number of anilines is 2. The number of ether oxygens (including phenoxy) is 2. The van der Waals surface area contributed by atoms with Crippen LogP contribution >= 0.6 is 0 Å². The first-order valence-electron chi connectivity index (χ1n) is 10.5. The van der Waals surface area contributed by atoms with Gasteiger partial charge in [0.1, 0.15) is 5.58 Å². The SMILES string of the molecule is COc1cc(C(=O)Nc2c(NCc3ccccc3)c3ccccc3oc2=O)ccc1OC(C)=O. The second-order valence-corrected chi connectivity index (χ2v) is 7.39. The molecule has 0 radical (unpaired) electrons. The normalized spacial score (nSPS) is 10.5. The van der Waals surface area contributed by atoms with E-state index in [2.05, 4.69) is 10.6 Å². The molecule has 4 aromatic rings. The van der Waals surface area contributed by atoms with Crippen molar-refractivity contribution in [1.82, 2.24) is 0 Å². The van der Waals surface area contributed by atoms with Gasteiger partial charge >= 0.3 is 11.6 Å². The summed E-state index contributed by atoms with van der Waals surface area (Å²) in [5, 5.41) is 6.58. The third kappa shape index (κ3) is 4.91. The van der Waals surface area contributed by atoms with Crippen LogP contribution in [0.15, 0.2) is 82.0 Å². The van der Waals surface area contributed by atoms with Crippen molar-refractivity contribution in [2.75, 3.05) is 17.7 Å². The van der Waals surface area contributed by atoms with Crippen molar-refractivity contribution in [3.63, 3.8) is 0 Å². The summed E-state index contributed by atoms with van der Waals surface area (Å²) >= 11 is 0. The monoisotopic (exact) mass is 458 g/mol. The number of esters is 1. The Morgan fingerprint density at radius 3 is 2.38 bits per heavy atom. The number of nitrogens with one attached hydrogen (secondary N) is 2. The molecule has 34 heavy (non-hydrogen) atoms. The number of rotatable bonds is 7. The van der Waals surface area contributed by atoms with E-state index < -0.39 is 17.5 Å². The van der Waals surface area contributed by atoms with Crippen molar-refractivity contribution in [2.24, 2.45) is 0 Å². The van der Waals surface area contributed by atoms with Crippen LogP contribution in [0.1, 0.15) is 22.8 Å². The van der Waals surface area contributed by atoms with Crippen LogP contribution in [0.4, 0.5) is 11.4 Å². The summed E-state index contributed by atoms with van der Waals surface area (Å²) < 4.78 is 15.7. The maximum absolute atomic E-state index is 13.0. The second kappa shape index (κ2) is 9.91. The highest BCUT2D eigenvalue weighted by Gasteiger charge is 2.19. The lowest BCUT2D eigenvalue weighted by Crippen LogP contribution is -2.20. The van der Waals surface area contributed by atoms with Gasteiger partial charge in [0.15, 0.2) is 17.2 Å². The minimum Gasteiger partial charge on any atom is -0.493 e. The highest BCUT2D eigenvalue weighted by Crippen LogP contribution is 2.31. The molecule has 0 unspecified atom stereocenters. The van der Waals surface area contributed by atoms with Crippen LogP contribution in [-0.4, -0.2) is 19.0 Å². The fraction of sp³-hybridized carbons (Fsp3) is 0.115. The topological polar surface area (TPSA) is 107 Å². The largest absolute Gasteiger partial charge is 0.493 e. The van der Waals surface area contributed by atoms with E-state index in [1.54, 1.807) is 18.2 Å². The van der Waals surface area contributed by atoms with Gasteiger partial charge in [-0.1, -0.05) is 42.5 Å². The zero-order valence-electron chi connectivity index (χ0n) is 18.6. The number of hydrogen-bond acceptors (Lipinski definition) is 7. The zero-order chi connectivity index (χ0) is 24.1. The number of fused-ring (bicyclic) bond motifs is 1. The zero-order valence-corrected chi connectivity index (χ0v) is 18.6. The third-order valence-electron chi connectivity index (χ3n) is 5.04. The Morgan fingerprint density at radius 1 is 0.912 bits per heavy atom. The molecule has 0 aliphatic rings. The van der Waals surface area contributed by atoms with Crippen LogP contribution in [0.3, 0.4) is 0 Å². The summed E-state index contributed by atoms with van der Waals surface area (Å²) in [4.78, 5) is 37.2. The van der Waals surface area contributed by atoms with Gasteiger partial charge in [0.2, 0.25) is 0 Å².